The number of hydrogen-bond donors (Lipinski definition) is 0. The van der Waals surface area contributed by atoms with Crippen LogP contribution in [0.1, 0.15) is 148 Å². The van der Waals surface area contributed by atoms with Crippen molar-refractivity contribution in [1.29, 1.82) is 0 Å². The molecule has 0 N–H and O–H groups in total. The van der Waals surface area contributed by atoms with Gasteiger partial charge in [-0.25, -0.2) is 4.98 Å². The molecule has 7 aromatic carbocycles. The summed E-state index contributed by atoms with van der Waals surface area (Å²) in [5, 5.41) is 2.28. The van der Waals surface area contributed by atoms with Crippen molar-refractivity contribution in [3.63, 3.8) is 0 Å². The van der Waals surface area contributed by atoms with Crippen molar-refractivity contribution in [1.82, 2.24) is 9.55 Å². The first-order chi connectivity index (χ1) is 35.8. The minimum Gasteiger partial charge on any atom is -0.509 e. The van der Waals surface area contributed by atoms with Gasteiger partial charge in [0.2, 0.25) is 0 Å². The Balaban J connectivity index is 0.00000722. The Kier molecular flexibility index (Phi) is 14.5. The van der Waals surface area contributed by atoms with Crippen LogP contribution in [0.4, 0.5) is 11.4 Å². The van der Waals surface area contributed by atoms with Crippen LogP contribution in [0.2, 0.25) is 0 Å². The van der Waals surface area contributed by atoms with Crippen molar-refractivity contribution in [2.45, 2.75) is 131 Å². The number of fused-ring (bicyclic) bond motifs is 3. The van der Waals surface area contributed by atoms with Crippen LogP contribution in [-0.4, -0.2) is 9.55 Å². The van der Waals surface area contributed by atoms with Crippen molar-refractivity contribution in [3.05, 3.63) is 245 Å². The molecule has 1 aliphatic heterocycles. The van der Waals surface area contributed by atoms with Gasteiger partial charge in [-0.1, -0.05) is 230 Å². The topological polar surface area (TPSA) is 33.5 Å². The second-order valence-corrected chi connectivity index (χ2v) is 25.6. The molecule has 0 saturated carbocycles. The third-order valence-electron chi connectivity index (χ3n) is 16.0. The molecule has 398 valence electrons. The molecule has 9 aromatic rings. The van der Waals surface area contributed by atoms with Gasteiger partial charge < -0.3 is 19.1 Å². The average Bonchev–Trinajstić information content (AvgIpc) is 4.22. The third-order valence-corrected chi connectivity index (χ3v) is 16.0. The van der Waals surface area contributed by atoms with Gasteiger partial charge in [-0.2, -0.15) is 0 Å². The van der Waals surface area contributed by atoms with E-state index in [0.717, 1.165) is 55.8 Å². The van der Waals surface area contributed by atoms with Gasteiger partial charge in [0.1, 0.15) is 5.82 Å². The molecule has 1 aliphatic rings. The first-order valence-corrected chi connectivity index (χ1v) is 27.0. The van der Waals surface area contributed by atoms with E-state index in [1.165, 1.54) is 33.4 Å². The molecule has 5 nitrogen and oxygen atoms in total. The van der Waals surface area contributed by atoms with Gasteiger partial charge in [0.15, 0.2) is 0 Å². The van der Waals surface area contributed by atoms with E-state index in [4.69, 9.17) is 9.72 Å². The number of para-hydroxylation sites is 1. The second kappa shape index (κ2) is 20.3. The quantitative estimate of drug-likeness (QED) is 0.121. The Morgan fingerprint density at radius 1 is 0.468 bits per heavy atom. The van der Waals surface area contributed by atoms with E-state index in [2.05, 4.69) is 307 Å². The normalized spacial score (nSPS) is 13.8. The van der Waals surface area contributed by atoms with Crippen LogP contribution in [0.3, 0.4) is 0 Å². The minimum absolute atomic E-state index is 0. The van der Waals surface area contributed by atoms with Gasteiger partial charge in [0, 0.05) is 71.9 Å². The number of hydrogen-bond acceptors (Lipinski definition) is 4. The van der Waals surface area contributed by atoms with Gasteiger partial charge in [-0.05, 0) is 91.5 Å². The summed E-state index contributed by atoms with van der Waals surface area (Å²) in [5.74, 6) is 2.08. The summed E-state index contributed by atoms with van der Waals surface area (Å²) in [7, 11) is 0. The standard InChI is InChI=1S/C71H75N4O.Pt/c1-66(2,3)51-35-36-72-64(42-51)75-61-34-26-25-33-59(61)65-60(71(14,15)50-31-23-18-24-32-50)44-58(45-62(65)75)76-57-41-52(67(4,5)6)38-56(43-57)74-47-73(46-63(74)68(7,8)9)55-39-53(69(10,11)48-27-19-16-20-28-48)37-54(40-55)70(12,13)49-29-21-17-22-30-49;/h16-42,44,46-47H,1-15H3;/q-3;. The van der Waals surface area contributed by atoms with Crippen LogP contribution in [0.15, 0.2) is 182 Å². The number of benzene rings is 7. The molecule has 0 aliphatic carbocycles. The first kappa shape index (κ1) is 55.1. The summed E-state index contributed by atoms with van der Waals surface area (Å²) in [6, 6.07) is 67.1. The van der Waals surface area contributed by atoms with E-state index >= 15 is 0 Å². The van der Waals surface area contributed by atoms with Gasteiger partial charge in [-0.3, -0.25) is 0 Å². The molecule has 6 heteroatoms. The summed E-state index contributed by atoms with van der Waals surface area (Å²) in [6.07, 6.45) is 4.25. The number of aromatic nitrogens is 2. The Hall–Kier alpha value is -6.68. The van der Waals surface area contributed by atoms with Crippen molar-refractivity contribution in [3.8, 4) is 17.3 Å². The fourth-order valence-corrected chi connectivity index (χ4v) is 10.9. The van der Waals surface area contributed by atoms with E-state index in [9.17, 15) is 0 Å². The maximum atomic E-state index is 7.26. The van der Waals surface area contributed by atoms with Crippen molar-refractivity contribution < 1.29 is 25.8 Å². The van der Waals surface area contributed by atoms with Crippen molar-refractivity contribution >= 4 is 33.2 Å². The molecule has 10 rings (SSSR count). The number of ether oxygens (including phenoxy) is 1. The van der Waals surface area contributed by atoms with E-state index in [1.807, 2.05) is 6.20 Å². The molecule has 77 heavy (non-hydrogen) atoms. The van der Waals surface area contributed by atoms with Gasteiger partial charge in [-0.15, -0.1) is 53.8 Å². The maximum absolute atomic E-state index is 7.26. The fraction of sp³-hybridized carbons (Fsp3) is 0.296. The number of allylic oxidation sites excluding steroid dienone is 1. The number of rotatable bonds is 11. The van der Waals surface area contributed by atoms with E-state index in [0.29, 0.717) is 11.5 Å². The second-order valence-electron chi connectivity index (χ2n) is 25.6. The fourth-order valence-electron chi connectivity index (χ4n) is 10.9. The van der Waals surface area contributed by atoms with Gasteiger partial charge in [0.25, 0.3) is 0 Å². The number of anilines is 2. The minimum atomic E-state index is -0.422. The molecule has 2 aromatic heterocycles. The molecular weight excluding hydrogens is 1120 g/mol. The predicted octanol–water partition coefficient (Wildman–Crippen LogP) is 18.5. The molecular formula is C71H75N4OPt-3. The molecule has 0 saturated heterocycles. The number of nitrogens with zero attached hydrogens (tertiary/aromatic N) is 4. The van der Waals surface area contributed by atoms with Crippen LogP contribution >= 0.6 is 0 Å². The molecule has 0 amide bonds. The van der Waals surface area contributed by atoms with E-state index < -0.39 is 5.41 Å². The van der Waals surface area contributed by atoms with Crippen LogP contribution in [0.25, 0.3) is 27.6 Å². The molecule has 0 radical (unpaired) electrons. The summed E-state index contributed by atoms with van der Waals surface area (Å²) < 4.78 is 9.54. The largest absolute Gasteiger partial charge is 0.509 e. The maximum Gasteiger partial charge on any atom is 0.135 e. The molecule has 0 fully saturated rings. The summed E-state index contributed by atoms with van der Waals surface area (Å²) in [6.45, 7) is 36.7. The summed E-state index contributed by atoms with van der Waals surface area (Å²) in [4.78, 5) is 9.68. The monoisotopic (exact) mass is 1190 g/mol. The zero-order valence-corrected chi connectivity index (χ0v) is 50.1. The third kappa shape index (κ3) is 10.6. The van der Waals surface area contributed by atoms with E-state index in [1.54, 1.807) is 0 Å². The molecule has 0 atom stereocenters. The molecule has 3 heterocycles. The Morgan fingerprint density at radius 3 is 1.53 bits per heavy atom. The molecule has 0 bridgehead atoms. The van der Waals surface area contributed by atoms with Crippen LogP contribution in [0.5, 0.6) is 11.5 Å². The molecule has 0 spiro atoms. The first-order valence-electron chi connectivity index (χ1n) is 27.0. The molecule has 0 unspecified atom stereocenters. The zero-order valence-electron chi connectivity index (χ0n) is 47.8. The Labute approximate surface area is 474 Å². The number of pyridine rings is 1. The Bertz CT molecular complexity index is 3550. The van der Waals surface area contributed by atoms with Gasteiger partial charge >= 0.3 is 0 Å². The van der Waals surface area contributed by atoms with Crippen LogP contribution in [0, 0.1) is 24.2 Å². The predicted molar refractivity (Wildman–Crippen MR) is 319 cm³/mol. The van der Waals surface area contributed by atoms with Crippen molar-refractivity contribution in [2.24, 2.45) is 5.41 Å². The summed E-state index contributed by atoms with van der Waals surface area (Å²) in [5.41, 5.74) is 13.4. The summed E-state index contributed by atoms with van der Waals surface area (Å²) >= 11 is 0. The zero-order chi connectivity index (χ0) is 54.2. The Morgan fingerprint density at radius 2 is 0.987 bits per heavy atom. The van der Waals surface area contributed by atoms with Crippen molar-refractivity contribution in [2.75, 3.05) is 9.80 Å². The smallest absolute Gasteiger partial charge is 0.135 e. The average molecular weight is 1200 g/mol. The SMILES string of the molecule is CC(C)(C)C1=CN(c2cc(C(C)(C)c3ccccc3)cc(C(C)(C)c3ccccc3)c2)[CH-]N1c1[c-]c(Oc2[c-]c3c(c(C(C)(C)c4ccccc4)c2)c2ccccc2n3-c2cc(C(C)(C)C)ccn2)cc(C(C)(C)C)c1.[Pt]. The van der Waals surface area contributed by atoms with Crippen LogP contribution < -0.4 is 14.5 Å². The van der Waals surface area contributed by atoms with E-state index in [-0.39, 0.29) is 48.1 Å². The van der Waals surface area contributed by atoms with Crippen LogP contribution in [-0.2, 0) is 48.1 Å². The van der Waals surface area contributed by atoms with Gasteiger partial charge in [0.05, 0.1) is 0 Å².